The zero-order valence-corrected chi connectivity index (χ0v) is 15.4. The Bertz CT molecular complexity index is 868. The minimum Gasteiger partial charge on any atom is -0.482 e. The van der Waals surface area contributed by atoms with Crippen molar-refractivity contribution in [3.63, 3.8) is 0 Å². The van der Waals surface area contributed by atoms with Gasteiger partial charge in [0.2, 0.25) is 0 Å². The van der Waals surface area contributed by atoms with E-state index in [9.17, 15) is 9.59 Å². The molecule has 0 unspecified atom stereocenters. The van der Waals surface area contributed by atoms with Gasteiger partial charge in [0.05, 0.1) is 7.11 Å². The largest absolute Gasteiger partial charge is 0.482 e. The summed E-state index contributed by atoms with van der Waals surface area (Å²) in [6.07, 6.45) is 1.35. The van der Waals surface area contributed by atoms with E-state index in [4.69, 9.17) is 14.7 Å². The average Bonchev–Trinajstić information content (AvgIpc) is 2.65. The molecule has 7 heteroatoms. The van der Waals surface area contributed by atoms with Crippen molar-refractivity contribution in [1.29, 1.82) is 5.26 Å². The van der Waals surface area contributed by atoms with Crippen LogP contribution in [0.3, 0.4) is 0 Å². The van der Waals surface area contributed by atoms with Gasteiger partial charge in [-0.1, -0.05) is 28.1 Å². The van der Waals surface area contributed by atoms with E-state index < -0.39 is 11.9 Å². The lowest BCUT2D eigenvalue weighted by atomic mass is 10.1. The van der Waals surface area contributed by atoms with E-state index in [0.29, 0.717) is 11.3 Å². The summed E-state index contributed by atoms with van der Waals surface area (Å²) in [6.45, 7) is -0.257. The van der Waals surface area contributed by atoms with E-state index in [2.05, 4.69) is 20.7 Å². The second kappa shape index (κ2) is 9.39. The molecule has 0 atom stereocenters. The van der Waals surface area contributed by atoms with Gasteiger partial charge < -0.3 is 14.2 Å². The second-order valence-electron chi connectivity index (χ2n) is 4.95. The molecule has 132 valence electrons. The summed E-state index contributed by atoms with van der Waals surface area (Å²) in [6, 6.07) is 15.2. The van der Waals surface area contributed by atoms with Crippen molar-refractivity contribution in [3.05, 3.63) is 64.1 Å². The summed E-state index contributed by atoms with van der Waals surface area (Å²) in [5.74, 6) is -0.510. The van der Waals surface area contributed by atoms with Crippen LogP contribution in [-0.4, -0.2) is 25.7 Å². The predicted molar refractivity (Wildman–Crippen MR) is 97.3 cm³/mol. The smallest absolute Gasteiger partial charge is 0.349 e. The predicted octanol–water partition coefficient (Wildman–Crippen LogP) is 3.51. The quantitative estimate of drug-likeness (QED) is 0.310. The van der Waals surface area contributed by atoms with Crippen molar-refractivity contribution in [1.82, 2.24) is 0 Å². The molecular formula is C19H14BrNO5. The Hall–Kier alpha value is -3.11. The number of methoxy groups -OCH3 is 1. The zero-order valence-electron chi connectivity index (χ0n) is 13.8. The van der Waals surface area contributed by atoms with Gasteiger partial charge in [0.25, 0.3) is 0 Å². The van der Waals surface area contributed by atoms with Gasteiger partial charge in [-0.15, -0.1) is 0 Å². The summed E-state index contributed by atoms with van der Waals surface area (Å²) < 4.78 is 16.0. The Morgan fingerprint density at radius 1 is 1.15 bits per heavy atom. The molecule has 0 bridgehead atoms. The van der Waals surface area contributed by atoms with Crippen molar-refractivity contribution < 1.29 is 23.8 Å². The molecule has 2 aromatic carbocycles. The van der Waals surface area contributed by atoms with Gasteiger partial charge in [0, 0.05) is 4.47 Å². The maximum absolute atomic E-state index is 11.9. The number of nitrogens with zero attached hydrogens (tertiary/aromatic N) is 1. The number of carbonyl (C=O) groups is 2. The normalized spacial score (nSPS) is 10.6. The van der Waals surface area contributed by atoms with Crippen molar-refractivity contribution in [3.8, 4) is 17.6 Å². The van der Waals surface area contributed by atoms with Gasteiger partial charge >= 0.3 is 11.9 Å². The fraction of sp³-hybridized carbons (Fsp3) is 0.105. The molecule has 26 heavy (non-hydrogen) atoms. The third kappa shape index (κ3) is 5.76. The van der Waals surface area contributed by atoms with Crippen LogP contribution in [0.1, 0.15) is 5.56 Å². The van der Waals surface area contributed by atoms with E-state index in [1.807, 2.05) is 0 Å². The van der Waals surface area contributed by atoms with Crippen LogP contribution in [0.4, 0.5) is 0 Å². The van der Waals surface area contributed by atoms with Gasteiger partial charge in [-0.05, 0) is 48.0 Å². The Labute approximate surface area is 158 Å². The lowest BCUT2D eigenvalue weighted by molar-refractivity contribution is -0.137. The number of carbonyl (C=O) groups excluding carboxylic acids is 2. The highest BCUT2D eigenvalue weighted by atomic mass is 79.9. The summed E-state index contributed by atoms with van der Waals surface area (Å²) in [4.78, 5) is 23.3. The number of halogens is 1. The maximum atomic E-state index is 11.9. The van der Waals surface area contributed by atoms with Crippen LogP contribution in [-0.2, 0) is 14.3 Å². The Morgan fingerprint density at radius 2 is 1.88 bits per heavy atom. The van der Waals surface area contributed by atoms with Crippen LogP contribution in [0.2, 0.25) is 0 Å². The van der Waals surface area contributed by atoms with Crippen LogP contribution in [0.25, 0.3) is 6.08 Å². The first-order chi connectivity index (χ1) is 12.5. The lowest BCUT2D eigenvalue weighted by Crippen LogP contribution is -2.17. The van der Waals surface area contributed by atoms with Crippen LogP contribution in [0, 0.1) is 11.3 Å². The third-order valence-corrected chi connectivity index (χ3v) is 3.63. The van der Waals surface area contributed by atoms with E-state index in [1.54, 1.807) is 48.5 Å². The Kier molecular flexibility index (Phi) is 6.94. The highest BCUT2D eigenvalue weighted by molar-refractivity contribution is 9.10. The van der Waals surface area contributed by atoms with Gasteiger partial charge in [0.1, 0.15) is 23.1 Å². The molecule has 0 saturated heterocycles. The van der Waals surface area contributed by atoms with E-state index >= 15 is 0 Å². The topological polar surface area (TPSA) is 85.6 Å². The monoisotopic (exact) mass is 415 g/mol. The van der Waals surface area contributed by atoms with Crippen LogP contribution in [0.15, 0.2) is 58.6 Å². The number of esters is 2. The molecule has 0 saturated carbocycles. The molecule has 0 aromatic heterocycles. The molecular weight excluding hydrogens is 402 g/mol. The SMILES string of the molecule is COC(=O)/C(C#N)=C/c1cccc(OC(=O)COc2ccc(Br)cc2)c1. The van der Waals surface area contributed by atoms with Gasteiger partial charge in [-0.2, -0.15) is 5.26 Å². The minimum atomic E-state index is -0.738. The van der Waals surface area contributed by atoms with Gasteiger partial charge in [-0.25, -0.2) is 9.59 Å². The van der Waals surface area contributed by atoms with Gasteiger partial charge in [0.15, 0.2) is 6.61 Å². The van der Waals surface area contributed by atoms with Crippen molar-refractivity contribution in [2.24, 2.45) is 0 Å². The van der Waals surface area contributed by atoms with Gasteiger partial charge in [-0.3, -0.25) is 0 Å². The van der Waals surface area contributed by atoms with E-state index in [1.165, 1.54) is 19.3 Å². The van der Waals surface area contributed by atoms with Crippen molar-refractivity contribution in [2.75, 3.05) is 13.7 Å². The molecule has 0 heterocycles. The van der Waals surface area contributed by atoms with E-state index in [-0.39, 0.29) is 17.9 Å². The Balaban J connectivity index is 2.00. The molecule has 0 radical (unpaired) electrons. The van der Waals surface area contributed by atoms with Crippen molar-refractivity contribution in [2.45, 2.75) is 0 Å². The first-order valence-electron chi connectivity index (χ1n) is 7.41. The maximum Gasteiger partial charge on any atom is 0.349 e. The summed E-state index contributed by atoms with van der Waals surface area (Å²) in [5, 5.41) is 8.97. The standard InChI is InChI=1S/C19H14BrNO5/c1-24-19(23)14(11-21)9-13-3-2-4-17(10-13)26-18(22)12-25-16-7-5-15(20)6-8-16/h2-10H,12H2,1H3/b14-9+. The zero-order chi connectivity index (χ0) is 18.9. The molecule has 0 aliphatic heterocycles. The Morgan fingerprint density at radius 3 is 2.54 bits per heavy atom. The van der Waals surface area contributed by atoms with Crippen LogP contribution in [0.5, 0.6) is 11.5 Å². The lowest BCUT2D eigenvalue weighted by Gasteiger charge is -2.07. The summed E-state index contributed by atoms with van der Waals surface area (Å²) >= 11 is 3.31. The van der Waals surface area contributed by atoms with Crippen LogP contribution >= 0.6 is 15.9 Å². The first-order valence-corrected chi connectivity index (χ1v) is 8.20. The number of ether oxygens (including phenoxy) is 3. The van der Waals surface area contributed by atoms with Crippen LogP contribution < -0.4 is 9.47 Å². The highest BCUT2D eigenvalue weighted by Gasteiger charge is 2.10. The average molecular weight is 416 g/mol. The molecule has 2 rings (SSSR count). The third-order valence-electron chi connectivity index (χ3n) is 3.10. The molecule has 2 aromatic rings. The minimum absolute atomic E-state index is 0.158. The first kappa shape index (κ1) is 19.2. The number of hydrogen-bond acceptors (Lipinski definition) is 6. The molecule has 0 spiro atoms. The molecule has 0 amide bonds. The fourth-order valence-electron chi connectivity index (χ4n) is 1.92. The summed E-state index contributed by atoms with van der Waals surface area (Å²) in [7, 11) is 1.19. The fourth-order valence-corrected chi connectivity index (χ4v) is 2.18. The molecule has 0 fully saturated rings. The van der Waals surface area contributed by atoms with E-state index in [0.717, 1.165) is 4.47 Å². The highest BCUT2D eigenvalue weighted by Crippen LogP contribution is 2.18. The molecule has 0 aliphatic carbocycles. The molecule has 0 aliphatic rings. The number of rotatable bonds is 6. The number of nitriles is 1. The van der Waals surface area contributed by atoms with Crippen molar-refractivity contribution >= 4 is 33.9 Å². The number of benzene rings is 2. The summed E-state index contributed by atoms with van der Waals surface area (Å²) in [5.41, 5.74) is 0.362. The molecule has 6 nitrogen and oxygen atoms in total. The molecule has 0 N–H and O–H groups in total. The number of hydrogen-bond donors (Lipinski definition) is 0. The second-order valence-corrected chi connectivity index (χ2v) is 5.87.